The molecule has 1 amide bonds. The molecular weight excluding hydrogens is 376 g/mol. The van der Waals surface area contributed by atoms with Crippen LogP contribution >= 0.6 is 0 Å². The third-order valence-electron chi connectivity index (χ3n) is 5.92. The van der Waals surface area contributed by atoms with E-state index in [1.807, 2.05) is 35.2 Å². The first kappa shape index (κ1) is 18.8. The van der Waals surface area contributed by atoms with Crippen LogP contribution in [0.4, 0.5) is 5.69 Å². The molecule has 0 bridgehead atoms. The number of likely N-dealkylation sites (tertiary alicyclic amines) is 1. The van der Waals surface area contributed by atoms with Crippen LogP contribution < -0.4 is 14.8 Å². The van der Waals surface area contributed by atoms with E-state index in [0.29, 0.717) is 19.8 Å². The number of hydrogen-bond acceptors (Lipinski definition) is 4. The topological polar surface area (TPSA) is 50.8 Å². The van der Waals surface area contributed by atoms with Gasteiger partial charge in [0, 0.05) is 18.7 Å². The number of hydrogen-bond donors (Lipinski definition) is 1. The largest absolute Gasteiger partial charge is 0.490 e. The van der Waals surface area contributed by atoms with E-state index in [0.717, 1.165) is 48.6 Å². The number of amides is 1. The molecule has 5 heteroatoms. The Labute approximate surface area is 176 Å². The number of benzene rings is 3. The summed E-state index contributed by atoms with van der Waals surface area (Å²) in [4.78, 5) is 15.0. The fourth-order valence-electron chi connectivity index (χ4n) is 4.38. The van der Waals surface area contributed by atoms with Gasteiger partial charge >= 0.3 is 0 Å². The first-order valence-corrected chi connectivity index (χ1v) is 10.7. The monoisotopic (exact) mass is 402 g/mol. The highest BCUT2D eigenvalue weighted by Gasteiger charge is 2.30. The summed E-state index contributed by atoms with van der Waals surface area (Å²) >= 11 is 0. The Bertz CT molecular complexity index is 1070. The Morgan fingerprint density at radius 3 is 2.67 bits per heavy atom. The number of carbonyl (C=O) groups is 1. The standard InChI is InChI=1S/C25H26N2O3/c28-25(17-26-21-10-8-18-5-1-2-6-19(18)15-21)27-12-3-7-22(27)20-9-11-23-24(16-20)30-14-4-13-29-23/h1-2,5-6,8-11,15-16,22,26H,3-4,7,12-14,17H2/t22-/m1/s1. The fourth-order valence-corrected chi connectivity index (χ4v) is 4.38. The van der Waals surface area contributed by atoms with Gasteiger partial charge in [-0.15, -0.1) is 0 Å². The molecule has 0 aliphatic carbocycles. The Morgan fingerprint density at radius 2 is 1.77 bits per heavy atom. The average molecular weight is 402 g/mol. The van der Waals surface area contributed by atoms with Crippen molar-refractivity contribution in [1.82, 2.24) is 4.90 Å². The zero-order chi connectivity index (χ0) is 20.3. The number of nitrogens with zero attached hydrogens (tertiary/aromatic N) is 1. The van der Waals surface area contributed by atoms with Gasteiger partial charge < -0.3 is 19.7 Å². The van der Waals surface area contributed by atoms with Crippen LogP contribution in [0.5, 0.6) is 11.5 Å². The van der Waals surface area contributed by atoms with Gasteiger partial charge in [0.05, 0.1) is 25.8 Å². The highest BCUT2D eigenvalue weighted by molar-refractivity contribution is 5.87. The van der Waals surface area contributed by atoms with Crippen molar-refractivity contribution in [3.8, 4) is 11.5 Å². The van der Waals surface area contributed by atoms with Crippen molar-refractivity contribution in [1.29, 1.82) is 0 Å². The third-order valence-corrected chi connectivity index (χ3v) is 5.92. The highest BCUT2D eigenvalue weighted by Crippen LogP contribution is 2.38. The summed E-state index contributed by atoms with van der Waals surface area (Å²) in [7, 11) is 0. The molecular formula is C25H26N2O3. The van der Waals surface area contributed by atoms with Crippen LogP contribution in [0.3, 0.4) is 0 Å². The summed E-state index contributed by atoms with van der Waals surface area (Å²) in [6.07, 6.45) is 2.88. The third kappa shape index (κ3) is 3.80. The molecule has 5 rings (SSSR count). The Kier molecular flexibility index (Phi) is 5.18. The number of fused-ring (bicyclic) bond motifs is 2. The second kappa shape index (κ2) is 8.27. The molecule has 2 aliphatic heterocycles. The van der Waals surface area contributed by atoms with Gasteiger partial charge in [0.1, 0.15) is 0 Å². The summed E-state index contributed by atoms with van der Waals surface area (Å²) in [6, 6.07) is 20.6. The minimum atomic E-state index is 0.0908. The highest BCUT2D eigenvalue weighted by atomic mass is 16.5. The SMILES string of the molecule is O=C(CNc1ccc2ccccc2c1)N1CCC[C@@H]1c1ccc2c(c1)OCCCO2. The molecule has 5 nitrogen and oxygen atoms in total. The first-order valence-electron chi connectivity index (χ1n) is 10.7. The van der Waals surface area contributed by atoms with Gasteiger partial charge in [0.15, 0.2) is 11.5 Å². The molecule has 1 N–H and O–H groups in total. The van der Waals surface area contributed by atoms with Gasteiger partial charge in [-0.3, -0.25) is 4.79 Å². The molecule has 0 aromatic heterocycles. The zero-order valence-corrected chi connectivity index (χ0v) is 17.0. The number of anilines is 1. The summed E-state index contributed by atoms with van der Waals surface area (Å²) in [5.41, 5.74) is 2.09. The number of rotatable bonds is 4. The molecule has 0 unspecified atom stereocenters. The number of nitrogens with one attached hydrogen (secondary N) is 1. The average Bonchev–Trinajstić information content (AvgIpc) is 3.16. The van der Waals surface area contributed by atoms with E-state index in [-0.39, 0.29) is 11.9 Å². The molecule has 154 valence electrons. The molecule has 3 aromatic carbocycles. The first-order chi connectivity index (χ1) is 14.8. The number of ether oxygens (including phenoxy) is 2. The molecule has 1 saturated heterocycles. The maximum Gasteiger partial charge on any atom is 0.242 e. The second-order valence-electron chi connectivity index (χ2n) is 7.92. The lowest BCUT2D eigenvalue weighted by atomic mass is 10.0. The zero-order valence-electron chi connectivity index (χ0n) is 17.0. The maximum atomic E-state index is 13.0. The molecule has 0 saturated carbocycles. The maximum absolute atomic E-state index is 13.0. The summed E-state index contributed by atoms with van der Waals surface area (Å²) < 4.78 is 11.6. The quantitative estimate of drug-likeness (QED) is 0.683. The number of carbonyl (C=O) groups excluding carboxylic acids is 1. The molecule has 0 radical (unpaired) electrons. The van der Waals surface area contributed by atoms with E-state index in [2.05, 4.69) is 35.6 Å². The van der Waals surface area contributed by atoms with Crippen molar-refractivity contribution < 1.29 is 14.3 Å². The molecule has 1 atom stereocenters. The van der Waals surface area contributed by atoms with Gasteiger partial charge in [0.2, 0.25) is 5.91 Å². The summed E-state index contributed by atoms with van der Waals surface area (Å²) in [5, 5.41) is 5.67. The van der Waals surface area contributed by atoms with Crippen molar-refractivity contribution >= 4 is 22.4 Å². The van der Waals surface area contributed by atoms with E-state index < -0.39 is 0 Å². The molecule has 1 fully saturated rings. The van der Waals surface area contributed by atoms with Crippen LogP contribution in [-0.2, 0) is 4.79 Å². The van der Waals surface area contributed by atoms with Crippen LogP contribution in [0, 0.1) is 0 Å². The van der Waals surface area contributed by atoms with Crippen LogP contribution in [0.25, 0.3) is 10.8 Å². The molecule has 30 heavy (non-hydrogen) atoms. The molecule has 3 aromatic rings. The smallest absolute Gasteiger partial charge is 0.242 e. The van der Waals surface area contributed by atoms with Crippen molar-refractivity contribution in [3.63, 3.8) is 0 Å². The second-order valence-corrected chi connectivity index (χ2v) is 7.92. The fraction of sp³-hybridized carbons (Fsp3) is 0.320. The summed E-state index contributed by atoms with van der Waals surface area (Å²) in [5.74, 6) is 1.71. The molecule has 2 heterocycles. The van der Waals surface area contributed by atoms with Crippen LogP contribution in [0.1, 0.15) is 30.9 Å². The predicted octanol–water partition coefficient (Wildman–Crippen LogP) is 4.78. The molecule has 2 aliphatic rings. The lowest BCUT2D eigenvalue weighted by Gasteiger charge is -2.26. The Hall–Kier alpha value is -3.21. The Balaban J connectivity index is 1.28. The van der Waals surface area contributed by atoms with Gasteiger partial charge in [0.25, 0.3) is 0 Å². The van der Waals surface area contributed by atoms with Crippen LogP contribution in [0.15, 0.2) is 60.7 Å². The van der Waals surface area contributed by atoms with E-state index in [9.17, 15) is 4.79 Å². The van der Waals surface area contributed by atoms with E-state index >= 15 is 0 Å². The van der Waals surface area contributed by atoms with Crippen LogP contribution in [0.2, 0.25) is 0 Å². The van der Waals surface area contributed by atoms with Gasteiger partial charge in [-0.1, -0.05) is 36.4 Å². The van der Waals surface area contributed by atoms with Gasteiger partial charge in [-0.25, -0.2) is 0 Å². The normalized spacial score (nSPS) is 18.3. The van der Waals surface area contributed by atoms with Gasteiger partial charge in [-0.2, -0.15) is 0 Å². The Morgan fingerprint density at radius 1 is 0.933 bits per heavy atom. The van der Waals surface area contributed by atoms with E-state index in [4.69, 9.17) is 9.47 Å². The van der Waals surface area contributed by atoms with Gasteiger partial charge in [-0.05, 0) is 53.4 Å². The minimum absolute atomic E-state index is 0.0908. The van der Waals surface area contributed by atoms with E-state index in [1.165, 1.54) is 10.8 Å². The summed E-state index contributed by atoms with van der Waals surface area (Å²) in [6.45, 7) is 2.43. The van der Waals surface area contributed by atoms with Crippen LogP contribution in [-0.4, -0.2) is 37.1 Å². The van der Waals surface area contributed by atoms with Crippen molar-refractivity contribution in [2.45, 2.75) is 25.3 Å². The lowest BCUT2D eigenvalue weighted by molar-refractivity contribution is -0.130. The van der Waals surface area contributed by atoms with Crippen molar-refractivity contribution in [3.05, 3.63) is 66.2 Å². The minimum Gasteiger partial charge on any atom is -0.490 e. The predicted molar refractivity (Wildman–Crippen MR) is 118 cm³/mol. The van der Waals surface area contributed by atoms with Crippen molar-refractivity contribution in [2.75, 3.05) is 31.6 Å². The lowest BCUT2D eigenvalue weighted by Crippen LogP contribution is -2.35. The van der Waals surface area contributed by atoms with Crippen molar-refractivity contribution in [2.24, 2.45) is 0 Å². The van der Waals surface area contributed by atoms with E-state index in [1.54, 1.807) is 0 Å². The molecule has 0 spiro atoms.